The molecule has 0 aromatic carbocycles. The number of ether oxygens (including phenoxy) is 1. The number of nitrogens with zero attached hydrogens (tertiary/aromatic N) is 2. The molecule has 15 heavy (non-hydrogen) atoms. The van der Waals surface area contributed by atoms with Crippen LogP contribution in [0.4, 0.5) is 0 Å². The minimum Gasteiger partial charge on any atom is -0.481 e. The molecule has 0 spiro atoms. The van der Waals surface area contributed by atoms with Crippen LogP contribution in [0.25, 0.3) is 0 Å². The maximum atomic E-state index is 10.9. The number of aliphatic carboxylic acids is 1. The quantitative estimate of drug-likeness (QED) is 0.803. The van der Waals surface area contributed by atoms with Gasteiger partial charge in [0.25, 0.3) is 0 Å². The average Bonchev–Trinajstić information content (AvgIpc) is 2.71. The van der Waals surface area contributed by atoms with Gasteiger partial charge in [-0.1, -0.05) is 0 Å². The molecule has 1 aromatic heterocycles. The highest BCUT2D eigenvalue weighted by molar-refractivity contribution is 5.68. The van der Waals surface area contributed by atoms with E-state index in [1.807, 2.05) is 12.3 Å². The largest absolute Gasteiger partial charge is 0.481 e. The van der Waals surface area contributed by atoms with E-state index in [9.17, 15) is 4.79 Å². The van der Waals surface area contributed by atoms with E-state index in [2.05, 4.69) is 5.10 Å². The Hall–Kier alpha value is -1.36. The molecule has 0 aliphatic carbocycles. The fraction of sp³-hybridized carbons (Fsp3) is 0.600. The van der Waals surface area contributed by atoms with Crippen LogP contribution in [0.1, 0.15) is 19.3 Å². The molecule has 0 unspecified atom stereocenters. The van der Waals surface area contributed by atoms with Gasteiger partial charge in [-0.25, -0.2) is 0 Å². The van der Waals surface area contributed by atoms with Crippen LogP contribution < -0.4 is 0 Å². The van der Waals surface area contributed by atoms with Crippen molar-refractivity contribution >= 4 is 5.97 Å². The van der Waals surface area contributed by atoms with Crippen LogP contribution in [0.5, 0.6) is 0 Å². The Balaban J connectivity index is 2.25. The minimum absolute atomic E-state index is 0.109. The summed E-state index contributed by atoms with van der Waals surface area (Å²) in [5, 5.41) is 13.1. The second-order valence-corrected chi connectivity index (χ2v) is 3.86. The third kappa shape index (κ3) is 2.02. The smallest absolute Gasteiger partial charge is 0.305 e. The number of hydrogen-bond donors (Lipinski definition) is 1. The average molecular weight is 210 g/mol. The molecule has 2 heterocycles. The number of aromatic nitrogens is 2. The molecule has 2 rings (SSSR count). The summed E-state index contributed by atoms with van der Waals surface area (Å²) in [6.45, 7) is 1.21. The monoisotopic (exact) mass is 210 g/mol. The normalized spacial score (nSPS) is 20.0. The molecule has 0 radical (unpaired) electrons. The number of hydrogen-bond acceptors (Lipinski definition) is 3. The molecular formula is C10H14N2O3. The Morgan fingerprint density at radius 1 is 1.53 bits per heavy atom. The standard InChI is InChI=1S/C10H14N2O3/c13-9(14)8-10(2-6-15-7-3-10)12-5-1-4-11-12/h1,4-5H,2-3,6-8H2,(H,13,14). The van der Waals surface area contributed by atoms with E-state index >= 15 is 0 Å². The molecule has 1 aliphatic rings. The predicted molar refractivity (Wildman–Crippen MR) is 52.5 cm³/mol. The van der Waals surface area contributed by atoms with Gasteiger partial charge in [-0.2, -0.15) is 5.10 Å². The molecule has 1 fully saturated rings. The fourth-order valence-electron chi connectivity index (χ4n) is 2.07. The van der Waals surface area contributed by atoms with Gasteiger partial charge in [-0.3, -0.25) is 9.48 Å². The van der Waals surface area contributed by atoms with Crippen molar-refractivity contribution in [3.05, 3.63) is 18.5 Å². The summed E-state index contributed by atoms with van der Waals surface area (Å²) in [6.07, 6.45) is 5.04. The van der Waals surface area contributed by atoms with E-state index in [1.54, 1.807) is 10.9 Å². The van der Waals surface area contributed by atoms with Gasteiger partial charge in [0.2, 0.25) is 0 Å². The highest BCUT2D eigenvalue weighted by Gasteiger charge is 2.37. The van der Waals surface area contributed by atoms with Gasteiger partial charge >= 0.3 is 5.97 Å². The Kier molecular flexibility index (Phi) is 2.73. The van der Waals surface area contributed by atoms with E-state index < -0.39 is 11.5 Å². The zero-order chi connectivity index (χ0) is 10.7. The molecular weight excluding hydrogens is 196 g/mol. The molecule has 5 nitrogen and oxygen atoms in total. The lowest BCUT2D eigenvalue weighted by Crippen LogP contribution is -2.41. The van der Waals surface area contributed by atoms with E-state index in [-0.39, 0.29) is 6.42 Å². The van der Waals surface area contributed by atoms with Crippen LogP contribution in [-0.2, 0) is 15.1 Å². The molecule has 0 bridgehead atoms. The molecule has 1 aliphatic heterocycles. The first-order valence-electron chi connectivity index (χ1n) is 5.03. The van der Waals surface area contributed by atoms with Crippen LogP contribution in [-0.4, -0.2) is 34.1 Å². The lowest BCUT2D eigenvalue weighted by Gasteiger charge is -2.36. The van der Waals surface area contributed by atoms with E-state index in [0.717, 1.165) is 0 Å². The van der Waals surface area contributed by atoms with Crippen LogP contribution >= 0.6 is 0 Å². The third-order valence-electron chi connectivity index (χ3n) is 2.89. The number of rotatable bonds is 3. The predicted octanol–water partition coefficient (Wildman–Crippen LogP) is 0.864. The number of carboxylic acid groups (broad SMARTS) is 1. The first kappa shape index (κ1) is 10.2. The maximum Gasteiger partial charge on any atom is 0.305 e. The summed E-state index contributed by atoms with van der Waals surface area (Å²) in [5.74, 6) is -0.785. The first-order valence-corrected chi connectivity index (χ1v) is 5.03. The van der Waals surface area contributed by atoms with Crippen LogP contribution in [0.2, 0.25) is 0 Å². The van der Waals surface area contributed by atoms with E-state index in [0.29, 0.717) is 26.1 Å². The van der Waals surface area contributed by atoms with Crippen molar-refractivity contribution in [3.8, 4) is 0 Å². The number of carboxylic acids is 1. The Morgan fingerprint density at radius 3 is 2.80 bits per heavy atom. The van der Waals surface area contributed by atoms with Crippen LogP contribution in [0.3, 0.4) is 0 Å². The molecule has 82 valence electrons. The number of carbonyl (C=O) groups is 1. The van der Waals surface area contributed by atoms with Gasteiger partial charge in [0.15, 0.2) is 0 Å². The lowest BCUT2D eigenvalue weighted by atomic mass is 9.87. The van der Waals surface area contributed by atoms with Crippen LogP contribution in [0, 0.1) is 0 Å². The van der Waals surface area contributed by atoms with Crippen molar-refractivity contribution in [2.24, 2.45) is 0 Å². The second kappa shape index (κ2) is 4.02. The molecule has 0 atom stereocenters. The summed E-state index contributed by atoms with van der Waals surface area (Å²) in [7, 11) is 0. The van der Waals surface area contributed by atoms with Crippen molar-refractivity contribution in [1.82, 2.24) is 9.78 Å². The van der Waals surface area contributed by atoms with Gasteiger partial charge in [0.05, 0.1) is 12.0 Å². The molecule has 0 saturated carbocycles. The molecule has 1 N–H and O–H groups in total. The summed E-state index contributed by atoms with van der Waals surface area (Å²) in [6, 6.07) is 1.82. The highest BCUT2D eigenvalue weighted by Crippen LogP contribution is 2.31. The lowest BCUT2D eigenvalue weighted by molar-refractivity contribution is -0.141. The van der Waals surface area contributed by atoms with Gasteiger partial charge in [0, 0.05) is 25.6 Å². The van der Waals surface area contributed by atoms with Gasteiger partial charge < -0.3 is 9.84 Å². The third-order valence-corrected chi connectivity index (χ3v) is 2.89. The van der Waals surface area contributed by atoms with Gasteiger partial charge in [0.1, 0.15) is 0 Å². The summed E-state index contributed by atoms with van der Waals surface area (Å²) < 4.78 is 7.04. The van der Waals surface area contributed by atoms with Gasteiger partial charge in [-0.05, 0) is 18.9 Å². The first-order chi connectivity index (χ1) is 7.23. The van der Waals surface area contributed by atoms with Crippen molar-refractivity contribution in [2.75, 3.05) is 13.2 Å². The van der Waals surface area contributed by atoms with Crippen molar-refractivity contribution in [1.29, 1.82) is 0 Å². The van der Waals surface area contributed by atoms with E-state index in [4.69, 9.17) is 9.84 Å². The molecule has 1 saturated heterocycles. The Labute approximate surface area is 87.7 Å². The van der Waals surface area contributed by atoms with Crippen molar-refractivity contribution in [2.45, 2.75) is 24.8 Å². The zero-order valence-electron chi connectivity index (χ0n) is 8.43. The molecule has 5 heteroatoms. The van der Waals surface area contributed by atoms with Crippen molar-refractivity contribution in [3.63, 3.8) is 0 Å². The molecule has 1 aromatic rings. The molecule has 0 amide bonds. The highest BCUT2D eigenvalue weighted by atomic mass is 16.5. The minimum atomic E-state index is -0.785. The Bertz CT molecular complexity index is 328. The summed E-state index contributed by atoms with van der Waals surface area (Å²) in [5.41, 5.74) is -0.395. The van der Waals surface area contributed by atoms with Crippen LogP contribution in [0.15, 0.2) is 18.5 Å². The topological polar surface area (TPSA) is 64.3 Å². The van der Waals surface area contributed by atoms with E-state index in [1.165, 1.54) is 0 Å². The Morgan fingerprint density at radius 2 is 2.27 bits per heavy atom. The second-order valence-electron chi connectivity index (χ2n) is 3.86. The fourth-order valence-corrected chi connectivity index (χ4v) is 2.07. The summed E-state index contributed by atoms with van der Waals surface area (Å²) >= 11 is 0. The summed E-state index contributed by atoms with van der Waals surface area (Å²) in [4.78, 5) is 10.9. The SMILES string of the molecule is O=C(O)CC1(n2cccn2)CCOCC1. The zero-order valence-corrected chi connectivity index (χ0v) is 8.43. The maximum absolute atomic E-state index is 10.9. The van der Waals surface area contributed by atoms with Crippen molar-refractivity contribution < 1.29 is 14.6 Å². The van der Waals surface area contributed by atoms with Gasteiger partial charge in [-0.15, -0.1) is 0 Å².